The van der Waals surface area contributed by atoms with Crippen molar-refractivity contribution in [2.75, 3.05) is 43.9 Å². The number of fused-ring (bicyclic) bond motifs is 1. The molecule has 3 aromatic carbocycles. The number of amides is 2. The highest BCUT2D eigenvalue weighted by atomic mass is 16.2. The minimum Gasteiger partial charge on any atom is -0.337 e. The minimum absolute atomic E-state index is 0.0509. The molecule has 0 spiro atoms. The lowest BCUT2D eigenvalue weighted by atomic mass is 10.0. The molecule has 0 bridgehead atoms. The van der Waals surface area contributed by atoms with Gasteiger partial charge >= 0.3 is 0 Å². The van der Waals surface area contributed by atoms with E-state index >= 15 is 0 Å². The maximum atomic E-state index is 13.0. The number of anilines is 3. The Balaban J connectivity index is 1.20. The number of carbonyl (C=O) groups excluding carboxylic acids is 2. The third-order valence-corrected chi connectivity index (χ3v) is 7.81. The van der Waals surface area contributed by atoms with E-state index in [0.29, 0.717) is 39.9 Å². The van der Waals surface area contributed by atoms with Crippen LogP contribution in [0.1, 0.15) is 46.0 Å². The van der Waals surface area contributed by atoms with Crippen molar-refractivity contribution >= 4 is 34.7 Å². The van der Waals surface area contributed by atoms with Crippen LogP contribution in [0.4, 0.5) is 17.2 Å². The van der Waals surface area contributed by atoms with Gasteiger partial charge in [-0.2, -0.15) is 0 Å². The Kier molecular flexibility index (Phi) is 7.89. The van der Waals surface area contributed by atoms with Gasteiger partial charge in [0.1, 0.15) is 0 Å². The van der Waals surface area contributed by atoms with Crippen molar-refractivity contribution in [1.29, 1.82) is 0 Å². The first-order valence-corrected chi connectivity index (χ1v) is 14.5. The smallest absolute Gasteiger partial charge is 0.255 e. The molecule has 0 unspecified atom stereocenters. The summed E-state index contributed by atoms with van der Waals surface area (Å²) >= 11 is 0. The molecule has 0 atom stereocenters. The van der Waals surface area contributed by atoms with E-state index in [-0.39, 0.29) is 11.8 Å². The average molecular weight is 574 g/mol. The highest BCUT2D eigenvalue weighted by molar-refractivity contribution is 6.04. The van der Waals surface area contributed by atoms with Gasteiger partial charge in [0.2, 0.25) is 0 Å². The van der Waals surface area contributed by atoms with Crippen molar-refractivity contribution in [3.63, 3.8) is 0 Å². The molecular formula is C34H35N7O2. The number of likely N-dealkylation sites (N-methyl/N-ethyl adjacent to an activating group) is 1. The fraction of sp³-hybridized carbons (Fsp3) is 0.235. The first-order chi connectivity index (χ1) is 20.8. The molecule has 0 aliphatic carbocycles. The average Bonchev–Trinajstić information content (AvgIpc) is 3.51. The monoisotopic (exact) mass is 573 g/mol. The predicted octanol–water partition coefficient (Wildman–Crippen LogP) is 5.90. The maximum absolute atomic E-state index is 13.0. The molecule has 2 aromatic heterocycles. The van der Waals surface area contributed by atoms with Crippen molar-refractivity contribution in [3.05, 3.63) is 108 Å². The van der Waals surface area contributed by atoms with Crippen molar-refractivity contribution in [2.24, 2.45) is 0 Å². The number of aromatic nitrogens is 3. The Hall–Kier alpha value is -5.02. The van der Waals surface area contributed by atoms with Crippen molar-refractivity contribution < 1.29 is 9.59 Å². The molecule has 9 nitrogen and oxygen atoms in total. The Morgan fingerprint density at radius 3 is 2.30 bits per heavy atom. The number of imidazole rings is 1. The second kappa shape index (κ2) is 12.1. The molecule has 43 heavy (non-hydrogen) atoms. The molecule has 6 rings (SSSR count). The highest BCUT2D eigenvalue weighted by Gasteiger charge is 2.20. The molecule has 9 heteroatoms. The van der Waals surface area contributed by atoms with Crippen molar-refractivity contribution in [1.82, 2.24) is 24.2 Å². The molecule has 218 valence electrons. The molecule has 0 radical (unpaired) electrons. The maximum Gasteiger partial charge on any atom is 0.255 e. The van der Waals surface area contributed by atoms with E-state index in [1.165, 1.54) is 5.56 Å². The van der Waals surface area contributed by atoms with Gasteiger partial charge in [0.25, 0.3) is 11.8 Å². The zero-order chi connectivity index (χ0) is 29.9. The van der Waals surface area contributed by atoms with Crippen LogP contribution in [0, 0.1) is 0 Å². The molecule has 1 aliphatic rings. The van der Waals surface area contributed by atoms with Crippen molar-refractivity contribution in [2.45, 2.75) is 19.8 Å². The lowest BCUT2D eigenvalue weighted by Gasteiger charge is -2.32. The fourth-order valence-corrected chi connectivity index (χ4v) is 5.16. The third-order valence-electron chi connectivity index (χ3n) is 7.81. The van der Waals surface area contributed by atoms with E-state index in [1.807, 2.05) is 94.5 Å². The van der Waals surface area contributed by atoms with Gasteiger partial charge in [0, 0.05) is 72.8 Å². The van der Waals surface area contributed by atoms with Gasteiger partial charge in [0.15, 0.2) is 11.5 Å². The number of rotatable bonds is 7. The van der Waals surface area contributed by atoms with Gasteiger partial charge in [-0.25, -0.2) is 9.97 Å². The predicted molar refractivity (Wildman–Crippen MR) is 170 cm³/mol. The van der Waals surface area contributed by atoms with Gasteiger partial charge in [-0.05, 0) is 67.1 Å². The van der Waals surface area contributed by atoms with Gasteiger partial charge < -0.3 is 24.8 Å². The van der Waals surface area contributed by atoms with Crippen LogP contribution in [0.2, 0.25) is 0 Å². The summed E-state index contributed by atoms with van der Waals surface area (Å²) in [5, 5.41) is 6.39. The van der Waals surface area contributed by atoms with Gasteiger partial charge in [0.05, 0.1) is 5.69 Å². The van der Waals surface area contributed by atoms with Crippen molar-refractivity contribution in [3.8, 4) is 11.3 Å². The normalized spacial score (nSPS) is 13.8. The molecule has 1 fully saturated rings. The molecule has 1 saturated heterocycles. The van der Waals surface area contributed by atoms with E-state index < -0.39 is 0 Å². The van der Waals surface area contributed by atoms with E-state index in [4.69, 9.17) is 4.98 Å². The molecule has 0 saturated carbocycles. The molecule has 2 amide bonds. The van der Waals surface area contributed by atoms with Crippen LogP contribution in [-0.4, -0.2) is 69.2 Å². The van der Waals surface area contributed by atoms with Crippen LogP contribution in [0.15, 0.2) is 91.4 Å². The molecule has 5 aromatic rings. The van der Waals surface area contributed by atoms with Crippen LogP contribution in [0.25, 0.3) is 16.9 Å². The fourth-order valence-electron chi connectivity index (χ4n) is 5.16. The Labute approximate surface area is 251 Å². The van der Waals surface area contributed by atoms with Crippen LogP contribution in [-0.2, 0) is 0 Å². The van der Waals surface area contributed by atoms with Gasteiger partial charge in [-0.15, -0.1) is 0 Å². The molecule has 3 heterocycles. The quantitative estimate of drug-likeness (QED) is 0.252. The summed E-state index contributed by atoms with van der Waals surface area (Å²) in [7, 11) is 2.07. The van der Waals surface area contributed by atoms with Crippen LogP contribution >= 0.6 is 0 Å². The minimum atomic E-state index is -0.164. The number of hydrogen-bond acceptors (Lipinski definition) is 6. The zero-order valence-electron chi connectivity index (χ0n) is 24.6. The number of hydrogen-bond donors (Lipinski definition) is 2. The topological polar surface area (TPSA) is 94.9 Å². The summed E-state index contributed by atoms with van der Waals surface area (Å²) in [5.74, 6) is 0.877. The molecule has 1 aliphatic heterocycles. The van der Waals surface area contributed by atoms with Crippen LogP contribution in [0.3, 0.4) is 0 Å². The number of nitrogens with zero attached hydrogens (tertiary/aromatic N) is 5. The summed E-state index contributed by atoms with van der Waals surface area (Å²) < 4.78 is 1.91. The molecular weight excluding hydrogens is 538 g/mol. The number of piperazine rings is 1. The van der Waals surface area contributed by atoms with E-state index in [0.717, 1.165) is 37.4 Å². The van der Waals surface area contributed by atoms with Crippen LogP contribution in [0.5, 0.6) is 0 Å². The van der Waals surface area contributed by atoms with Crippen LogP contribution < -0.4 is 10.6 Å². The summed E-state index contributed by atoms with van der Waals surface area (Å²) in [6, 6.07) is 22.8. The second-order valence-electron chi connectivity index (χ2n) is 11.2. The van der Waals surface area contributed by atoms with E-state index in [1.54, 1.807) is 6.20 Å². The number of nitrogens with one attached hydrogen (secondary N) is 2. The summed E-state index contributed by atoms with van der Waals surface area (Å²) in [4.78, 5) is 39.4. The van der Waals surface area contributed by atoms with E-state index in [2.05, 4.69) is 41.4 Å². The summed E-state index contributed by atoms with van der Waals surface area (Å²) in [6.07, 6.45) is 5.51. The largest absolute Gasteiger partial charge is 0.337 e. The number of carbonyl (C=O) groups is 2. The lowest BCUT2D eigenvalue weighted by molar-refractivity contribution is 0.0664. The Bertz CT molecular complexity index is 1750. The highest BCUT2D eigenvalue weighted by Crippen LogP contribution is 2.27. The summed E-state index contributed by atoms with van der Waals surface area (Å²) in [5.41, 5.74) is 6.18. The Morgan fingerprint density at radius 1 is 0.860 bits per heavy atom. The third kappa shape index (κ3) is 6.27. The first-order valence-electron chi connectivity index (χ1n) is 14.5. The zero-order valence-corrected chi connectivity index (χ0v) is 24.6. The lowest BCUT2D eigenvalue weighted by Crippen LogP contribution is -2.47. The molecule has 2 N–H and O–H groups in total. The van der Waals surface area contributed by atoms with E-state index in [9.17, 15) is 9.59 Å². The Morgan fingerprint density at radius 2 is 1.58 bits per heavy atom. The van der Waals surface area contributed by atoms with Gasteiger partial charge in [-0.3, -0.25) is 9.59 Å². The second-order valence-corrected chi connectivity index (χ2v) is 11.2. The summed E-state index contributed by atoms with van der Waals surface area (Å²) in [6.45, 7) is 7.50. The first kappa shape index (κ1) is 28.1. The van der Waals surface area contributed by atoms with Gasteiger partial charge in [-0.1, -0.05) is 38.1 Å². The number of benzene rings is 3. The standard InChI is InChI=1S/C34H35N7O2/c1-23(2)24-7-9-25(10-8-24)33(42)37-29-6-4-5-27(21-29)30-22-41-16-15-35-32(41)31(38-30)36-28-13-11-26(12-14-28)34(43)40-19-17-39(3)18-20-40/h4-16,21-23H,17-20H2,1-3H3,(H,36,38)(H,37,42). The SMILES string of the molecule is CC(C)c1ccc(C(=O)Nc2cccc(-c3cn4ccnc4c(Nc4ccc(C(=O)N5CCN(C)CC5)cc4)n3)c2)cc1.